The van der Waals surface area contributed by atoms with E-state index in [1.165, 1.54) is 0 Å². The Bertz CT molecular complexity index is 770. The van der Waals surface area contributed by atoms with Crippen LogP contribution in [0.3, 0.4) is 0 Å². The van der Waals surface area contributed by atoms with Crippen molar-refractivity contribution in [1.82, 2.24) is 25.1 Å². The molecule has 26 heavy (non-hydrogen) atoms. The summed E-state index contributed by atoms with van der Waals surface area (Å²) in [5.41, 5.74) is 0.781. The zero-order chi connectivity index (χ0) is 18.4. The summed E-state index contributed by atoms with van der Waals surface area (Å²) < 4.78 is 7.57. The Morgan fingerprint density at radius 3 is 2.92 bits per heavy atom. The summed E-state index contributed by atoms with van der Waals surface area (Å²) in [6.45, 7) is 10.5. The first-order valence-electron chi connectivity index (χ1n) is 9.29. The third-order valence-corrected chi connectivity index (χ3v) is 4.51. The number of piperazine rings is 1. The molecule has 0 aliphatic carbocycles. The van der Waals surface area contributed by atoms with Crippen molar-refractivity contribution in [2.24, 2.45) is 4.99 Å². The topological polar surface area (TPSA) is 70.0 Å². The van der Waals surface area contributed by atoms with Crippen molar-refractivity contribution in [3.8, 4) is 11.8 Å². The van der Waals surface area contributed by atoms with Crippen molar-refractivity contribution in [1.29, 1.82) is 0 Å². The van der Waals surface area contributed by atoms with Gasteiger partial charge in [-0.25, -0.2) is 4.99 Å². The molecule has 0 radical (unpaired) electrons. The van der Waals surface area contributed by atoms with E-state index >= 15 is 0 Å². The number of imidazole rings is 1. The minimum absolute atomic E-state index is 0.126. The van der Waals surface area contributed by atoms with E-state index in [1.807, 2.05) is 20.9 Å². The molecule has 0 bridgehead atoms. The SMILES string of the molecule is CC#CCn1c(N2CCNCC2)nc2c1=CN(C)C(NCCOCC)N=2. The lowest BCUT2D eigenvalue weighted by atomic mass is 10.4. The second-order valence-corrected chi connectivity index (χ2v) is 6.32. The fourth-order valence-corrected chi connectivity index (χ4v) is 3.15. The van der Waals surface area contributed by atoms with Gasteiger partial charge in [0.25, 0.3) is 0 Å². The number of ether oxygens (including phenoxy) is 1. The lowest BCUT2D eigenvalue weighted by molar-refractivity contribution is 0.140. The van der Waals surface area contributed by atoms with Crippen LogP contribution in [0.1, 0.15) is 13.8 Å². The van der Waals surface area contributed by atoms with Gasteiger partial charge in [0.05, 0.1) is 13.2 Å². The molecule has 8 heteroatoms. The number of hydrogen-bond acceptors (Lipinski definition) is 7. The standard InChI is InChI=1S/C18H29N7O/c1-4-6-10-25-15-14-23(3)17(20-9-13-26-5-2)21-16(15)22-18(25)24-11-7-19-8-12-24/h14,17,19-20H,5,7-13H2,1-3H3. The van der Waals surface area contributed by atoms with Crippen LogP contribution in [0.5, 0.6) is 0 Å². The number of nitrogens with one attached hydrogen (secondary N) is 2. The third kappa shape index (κ3) is 4.18. The number of aromatic nitrogens is 2. The van der Waals surface area contributed by atoms with Gasteiger partial charge in [0, 0.05) is 52.6 Å². The normalized spacial score (nSPS) is 19.3. The average Bonchev–Trinajstić information content (AvgIpc) is 3.01. The molecule has 3 heterocycles. The van der Waals surface area contributed by atoms with Crippen molar-refractivity contribution in [2.75, 3.05) is 57.9 Å². The first-order chi connectivity index (χ1) is 12.7. The highest BCUT2D eigenvalue weighted by molar-refractivity contribution is 5.36. The molecule has 1 aromatic heterocycles. The Labute approximate surface area is 154 Å². The van der Waals surface area contributed by atoms with Crippen LogP contribution in [0.2, 0.25) is 0 Å². The summed E-state index contributed by atoms with van der Waals surface area (Å²) in [5, 5.41) is 7.81. The summed E-state index contributed by atoms with van der Waals surface area (Å²) in [4.78, 5) is 14.1. The van der Waals surface area contributed by atoms with Crippen LogP contribution in [0.4, 0.5) is 5.95 Å². The minimum atomic E-state index is -0.126. The zero-order valence-electron chi connectivity index (χ0n) is 16.0. The van der Waals surface area contributed by atoms with Gasteiger partial charge in [0.1, 0.15) is 5.35 Å². The highest BCUT2D eigenvalue weighted by Crippen LogP contribution is 2.09. The Morgan fingerprint density at radius 2 is 2.19 bits per heavy atom. The monoisotopic (exact) mass is 359 g/mol. The van der Waals surface area contributed by atoms with E-state index in [9.17, 15) is 0 Å². The van der Waals surface area contributed by atoms with Gasteiger partial charge in [0.15, 0.2) is 11.8 Å². The molecule has 1 saturated heterocycles. The van der Waals surface area contributed by atoms with Crippen molar-refractivity contribution in [2.45, 2.75) is 26.7 Å². The van der Waals surface area contributed by atoms with Crippen LogP contribution in [-0.2, 0) is 11.3 Å². The summed E-state index contributed by atoms with van der Waals surface area (Å²) in [5.74, 6) is 7.12. The minimum Gasteiger partial charge on any atom is -0.380 e. The molecule has 2 N–H and O–H groups in total. The lowest BCUT2D eigenvalue weighted by Gasteiger charge is -2.28. The Hall–Kier alpha value is -2.08. The maximum absolute atomic E-state index is 5.40. The van der Waals surface area contributed by atoms with Gasteiger partial charge in [-0.1, -0.05) is 5.92 Å². The summed E-state index contributed by atoms with van der Waals surface area (Å²) in [6.07, 6.45) is 1.98. The predicted octanol–water partition coefficient (Wildman–Crippen LogP) is -1.47. The highest BCUT2D eigenvalue weighted by atomic mass is 16.5. The van der Waals surface area contributed by atoms with Crippen molar-refractivity contribution in [3.05, 3.63) is 10.8 Å². The molecule has 2 aliphatic rings. The van der Waals surface area contributed by atoms with Gasteiger partial charge in [-0.15, -0.1) is 5.92 Å². The van der Waals surface area contributed by atoms with Gasteiger partial charge in [-0.2, -0.15) is 4.98 Å². The molecule has 0 saturated carbocycles. The van der Waals surface area contributed by atoms with E-state index in [-0.39, 0.29) is 6.29 Å². The molecule has 2 aliphatic heterocycles. The second kappa shape index (κ2) is 9.03. The van der Waals surface area contributed by atoms with Crippen molar-refractivity contribution < 1.29 is 4.74 Å². The molecule has 1 fully saturated rings. The van der Waals surface area contributed by atoms with Gasteiger partial charge >= 0.3 is 0 Å². The first-order valence-corrected chi connectivity index (χ1v) is 9.29. The Balaban J connectivity index is 1.89. The Morgan fingerprint density at radius 1 is 1.38 bits per heavy atom. The van der Waals surface area contributed by atoms with Crippen LogP contribution in [-0.4, -0.2) is 73.7 Å². The van der Waals surface area contributed by atoms with Gasteiger partial charge in [-0.05, 0) is 13.8 Å². The molecule has 1 unspecified atom stereocenters. The first kappa shape index (κ1) is 18.7. The van der Waals surface area contributed by atoms with E-state index in [1.54, 1.807) is 0 Å². The van der Waals surface area contributed by atoms with E-state index in [0.717, 1.165) is 56.1 Å². The molecule has 142 valence electrons. The predicted molar refractivity (Wildman–Crippen MR) is 102 cm³/mol. The maximum atomic E-state index is 5.40. The molecule has 1 aromatic rings. The van der Waals surface area contributed by atoms with Crippen LogP contribution >= 0.6 is 0 Å². The van der Waals surface area contributed by atoms with Crippen LogP contribution in [0.15, 0.2) is 4.99 Å². The van der Waals surface area contributed by atoms with E-state index < -0.39 is 0 Å². The third-order valence-electron chi connectivity index (χ3n) is 4.51. The van der Waals surface area contributed by atoms with E-state index in [0.29, 0.717) is 13.2 Å². The molecule has 0 spiro atoms. The van der Waals surface area contributed by atoms with Crippen LogP contribution in [0.25, 0.3) is 6.20 Å². The number of hydrogen-bond donors (Lipinski definition) is 2. The molecule has 3 rings (SSSR count). The summed E-state index contributed by atoms with van der Waals surface area (Å²) >= 11 is 0. The molecule has 8 nitrogen and oxygen atoms in total. The summed E-state index contributed by atoms with van der Waals surface area (Å²) in [7, 11) is 2.03. The number of fused-ring (bicyclic) bond motifs is 1. The molecule has 0 amide bonds. The quantitative estimate of drug-likeness (QED) is 0.458. The highest BCUT2D eigenvalue weighted by Gasteiger charge is 2.22. The summed E-state index contributed by atoms with van der Waals surface area (Å²) in [6, 6.07) is 0. The van der Waals surface area contributed by atoms with Crippen LogP contribution < -0.4 is 26.4 Å². The van der Waals surface area contributed by atoms with Gasteiger partial charge < -0.3 is 19.9 Å². The van der Waals surface area contributed by atoms with Crippen molar-refractivity contribution in [3.63, 3.8) is 0 Å². The fourth-order valence-electron chi connectivity index (χ4n) is 3.15. The van der Waals surface area contributed by atoms with E-state index in [4.69, 9.17) is 14.7 Å². The zero-order valence-corrected chi connectivity index (χ0v) is 16.0. The average molecular weight is 359 g/mol. The fraction of sp³-hybridized carbons (Fsp3) is 0.667. The lowest BCUT2D eigenvalue weighted by Crippen LogP contribution is -2.49. The van der Waals surface area contributed by atoms with E-state index in [2.05, 4.69) is 43.0 Å². The molecule has 1 atom stereocenters. The molecular formula is C18H29N7O. The molecular weight excluding hydrogens is 330 g/mol. The van der Waals surface area contributed by atoms with Gasteiger partial charge in [-0.3, -0.25) is 9.88 Å². The van der Waals surface area contributed by atoms with Gasteiger partial charge in [0.2, 0.25) is 5.95 Å². The largest absolute Gasteiger partial charge is 0.380 e. The van der Waals surface area contributed by atoms with Crippen LogP contribution in [0, 0.1) is 11.8 Å². The number of rotatable bonds is 7. The van der Waals surface area contributed by atoms with Crippen molar-refractivity contribution >= 4 is 12.1 Å². The number of anilines is 1. The number of nitrogens with zero attached hydrogens (tertiary/aromatic N) is 5. The Kier molecular flexibility index (Phi) is 6.50. The smallest absolute Gasteiger partial charge is 0.209 e. The molecule has 0 aromatic carbocycles. The maximum Gasteiger partial charge on any atom is 0.209 e. The second-order valence-electron chi connectivity index (χ2n) is 6.32.